The predicted octanol–water partition coefficient (Wildman–Crippen LogP) is 4.56. The van der Waals surface area contributed by atoms with E-state index in [4.69, 9.17) is 4.98 Å². The number of hydrogen-bond acceptors (Lipinski definition) is 1. The number of para-hydroxylation sites is 1. The molecule has 3 aromatic rings. The summed E-state index contributed by atoms with van der Waals surface area (Å²) in [6.45, 7) is 7.98. The molecule has 3 heterocycles. The Kier molecular flexibility index (Phi) is 2.53. The zero-order valence-electron chi connectivity index (χ0n) is 12.9. The van der Waals surface area contributed by atoms with E-state index in [-0.39, 0.29) is 5.41 Å². The average molecular weight is 276 g/mol. The van der Waals surface area contributed by atoms with E-state index in [1.807, 2.05) is 0 Å². The summed E-state index contributed by atoms with van der Waals surface area (Å²) < 4.78 is 2.32. The summed E-state index contributed by atoms with van der Waals surface area (Å²) >= 11 is 0. The Morgan fingerprint density at radius 2 is 1.86 bits per heavy atom. The van der Waals surface area contributed by atoms with Gasteiger partial charge < -0.3 is 4.57 Å². The van der Waals surface area contributed by atoms with Gasteiger partial charge in [0.1, 0.15) is 0 Å². The molecule has 0 radical (unpaired) electrons. The lowest BCUT2D eigenvalue weighted by atomic mass is 9.79. The van der Waals surface area contributed by atoms with Crippen molar-refractivity contribution in [1.29, 1.82) is 0 Å². The molecule has 0 bridgehead atoms. The summed E-state index contributed by atoms with van der Waals surface area (Å²) in [5.74, 6) is 0. The van der Waals surface area contributed by atoms with Crippen molar-refractivity contribution in [3.05, 3.63) is 53.7 Å². The number of fused-ring (bicyclic) bond motifs is 4. The first-order valence-corrected chi connectivity index (χ1v) is 7.63. The van der Waals surface area contributed by atoms with Gasteiger partial charge in [-0.1, -0.05) is 39.0 Å². The molecule has 0 atom stereocenters. The highest BCUT2D eigenvalue weighted by atomic mass is 15.0. The minimum atomic E-state index is 0.126. The van der Waals surface area contributed by atoms with Gasteiger partial charge in [-0.15, -0.1) is 0 Å². The fourth-order valence-electron chi connectivity index (χ4n) is 3.62. The summed E-state index contributed by atoms with van der Waals surface area (Å²) in [4.78, 5) is 4.98. The molecule has 2 nitrogen and oxygen atoms in total. The first kappa shape index (κ1) is 12.6. The molecule has 0 spiro atoms. The third-order valence-electron chi connectivity index (χ3n) is 4.42. The molecule has 21 heavy (non-hydrogen) atoms. The van der Waals surface area contributed by atoms with Crippen LogP contribution in [0.2, 0.25) is 0 Å². The van der Waals surface area contributed by atoms with E-state index in [2.05, 4.69) is 67.9 Å². The lowest BCUT2D eigenvalue weighted by Crippen LogP contribution is -2.21. The molecule has 0 saturated heterocycles. The lowest BCUT2D eigenvalue weighted by Gasteiger charge is -2.29. The number of nitrogens with zero attached hydrogens (tertiary/aromatic N) is 2. The van der Waals surface area contributed by atoms with E-state index in [1.54, 1.807) is 0 Å². The minimum absolute atomic E-state index is 0.126. The normalized spacial score (nSPS) is 14.0. The Hall–Kier alpha value is -2.09. The summed E-state index contributed by atoms with van der Waals surface area (Å²) in [6.07, 6.45) is 3.23. The quantitative estimate of drug-likeness (QED) is 0.588. The maximum absolute atomic E-state index is 4.98. The molecule has 0 amide bonds. The third kappa shape index (κ3) is 1.82. The number of aryl methyl sites for hydroxylation is 1. The molecule has 0 N–H and O–H groups in total. The Balaban J connectivity index is 2.16. The molecular weight excluding hydrogens is 256 g/mol. The maximum atomic E-state index is 4.98. The van der Waals surface area contributed by atoms with Crippen LogP contribution in [0.4, 0.5) is 0 Å². The highest BCUT2D eigenvalue weighted by Gasteiger charge is 2.27. The van der Waals surface area contributed by atoms with Crippen LogP contribution >= 0.6 is 0 Å². The second-order valence-electron chi connectivity index (χ2n) is 6.92. The number of benzene rings is 1. The Morgan fingerprint density at radius 3 is 2.67 bits per heavy atom. The fraction of sp³-hybridized carbons (Fsp3) is 0.316. The maximum Gasteiger partial charge on any atom is 0.0909 e. The van der Waals surface area contributed by atoms with Crippen LogP contribution in [0.1, 0.15) is 31.9 Å². The Labute approximate surface area is 125 Å². The van der Waals surface area contributed by atoms with E-state index >= 15 is 0 Å². The van der Waals surface area contributed by atoms with Gasteiger partial charge in [0.05, 0.1) is 16.9 Å². The van der Waals surface area contributed by atoms with Crippen molar-refractivity contribution < 1.29 is 0 Å². The molecule has 1 aromatic carbocycles. The van der Waals surface area contributed by atoms with Crippen LogP contribution in [0.5, 0.6) is 0 Å². The zero-order chi connectivity index (χ0) is 14.6. The van der Waals surface area contributed by atoms with Crippen LogP contribution in [0.25, 0.3) is 22.3 Å². The van der Waals surface area contributed by atoms with Gasteiger partial charge in [-0.25, -0.2) is 4.98 Å². The monoisotopic (exact) mass is 276 g/mol. The number of aromatic nitrogens is 2. The van der Waals surface area contributed by atoms with Crippen molar-refractivity contribution in [2.24, 2.45) is 0 Å². The first-order chi connectivity index (χ1) is 10.1. The van der Waals surface area contributed by atoms with Gasteiger partial charge in [-0.3, -0.25) is 0 Å². The molecule has 2 aromatic heterocycles. The lowest BCUT2D eigenvalue weighted by molar-refractivity contribution is 0.577. The van der Waals surface area contributed by atoms with Crippen LogP contribution in [-0.4, -0.2) is 9.55 Å². The second-order valence-corrected chi connectivity index (χ2v) is 6.92. The SMILES string of the molecule is CC(C)(C)c1c2c(nc3ccccc13)-c1cccn1CC2. The molecule has 4 rings (SSSR count). The molecule has 0 unspecified atom stereocenters. The molecule has 1 aliphatic rings. The van der Waals surface area contributed by atoms with E-state index < -0.39 is 0 Å². The van der Waals surface area contributed by atoms with Gasteiger partial charge in [-0.2, -0.15) is 0 Å². The van der Waals surface area contributed by atoms with Crippen LogP contribution in [0.15, 0.2) is 42.6 Å². The van der Waals surface area contributed by atoms with Gasteiger partial charge in [-0.05, 0) is 41.2 Å². The minimum Gasteiger partial charge on any atom is -0.346 e. The second kappa shape index (κ2) is 4.20. The summed E-state index contributed by atoms with van der Waals surface area (Å²) in [5.41, 5.74) is 6.57. The summed E-state index contributed by atoms with van der Waals surface area (Å²) in [6, 6.07) is 12.9. The van der Waals surface area contributed by atoms with Gasteiger partial charge in [0.25, 0.3) is 0 Å². The van der Waals surface area contributed by atoms with Crippen LogP contribution in [-0.2, 0) is 18.4 Å². The molecule has 0 saturated carbocycles. The Bertz CT molecular complexity index is 834. The van der Waals surface area contributed by atoms with Crippen molar-refractivity contribution in [2.45, 2.75) is 39.2 Å². The van der Waals surface area contributed by atoms with Crippen LogP contribution in [0, 0.1) is 0 Å². The predicted molar refractivity (Wildman–Crippen MR) is 87.6 cm³/mol. The Morgan fingerprint density at radius 1 is 1.05 bits per heavy atom. The molecule has 106 valence electrons. The number of pyridine rings is 1. The zero-order valence-corrected chi connectivity index (χ0v) is 12.9. The van der Waals surface area contributed by atoms with E-state index in [9.17, 15) is 0 Å². The molecule has 1 aliphatic heterocycles. The van der Waals surface area contributed by atoms with Crippen molar-refractivity contribution >= 4 is 10.9 Å². The molecule has 0 fully saturated rings. The summed E-state index contributed by atoms with van der Waals surface area (Å²) in [7, 11) is 0. The largest absolute Gasteiger partial charge is 0.346 e. The first-order valence-electron chi connectivity index (χ1n) is 7.63. The summed E-state index contributed by atoms with van der Waals surface area (Å²) in [5, 5.41) is 1.31. The van der Waals surface area contributed by atoms with Crippen LogP contribution in [0.3, 0.4) is 0 Å². The molecule has 2 heteroatoms. The van der Waals surface area contributed by atoms with Crippen molar-refractivity contribution in [3.8, 4) is 11.4 Å². The van der Waals surface area contributed by atoms with Gasteiger partial charge in [0, 0.05) is 18.1 Å². The van der Waals surface area contributed by atoms with Gasteiger partial charge >= 0.3 is 0 Å². The standard InChI is InChI=1S/C19H20N2/c1-19(2,3)17-13-7-4-5-8-15(13)20-18-14(17)10-12-21-11-6-9-16(18)21/h4-9,11H,10,12H2,1-3H3. The van der Waals surface area contributed by atoms with Crippen molar-refractivity contribution in [1.82, 2.24) is 9.55 Å². The van der Waals surface area contributed by atoms with Crippen LogP contribution < -0.4 is 0 Å². The molecular formula is C19H20N2. The van der Waals surface area contributed by atoms with E-state index in [1.165, 1.54) is 27.9 Å². The van der Waals surface area contributed by atoms with Gasteiger partial charge in [0.15, 0.2) is 0 Å². The fourth-order valence-corrected chi connectivity index (χ4v) is 3.62. The molecule has 0 aliphatic carbocycles. The van der Waals surface area contributed by atoms with Crippen molar-refractivity contribution in [2.75, 3.05) is 0 Å². The van der Waals surface area contributed by atoms with E-state index in [0.29, 0.717) is 0 Å². The van der Waals surface area contributed by atoms with Gasteiger partial charge in [0.2, 0.25) is 0 Å². The number of hydrogen-bond donors (Lipinski definition) is 0. The topological polar surface area (TPSA) is 17.8 Å². The van der Waals surface area contributed by atoms with Crippen molar-refractivity contribution in [3.63, 3.8) is 0 Å². The third-order valence-corrected chi connectivity index (χ3v) is 4.42. The number of rotatable bonds is 0. The highest BCUT2D eigenvalue weighted by molar-refractivity contribution is 5.88. The highest BCUT2D eigenvalue weighted by Crippen LogP contribution is 2.39. The van der Waals surface area contributed by atoms with E-state index in [0.717, 1.165) is 18.5 Å². The smallest absolute Gasteiger partial charge is 0.0909 e. The average Bonchev–Trinajstić information content (AvgIpc) is 2.92.